The molecule has 6 nitrogen and oxygen atoms in total. The van der Waals surface area contributed by atoms with Crippen LogP contribution in [0.15, 0.2) is 16.9 Å². The first kappa shape index (κ1) is 11.8. The number of nitrogens with one attached hydrogen (secondary N) is 1. The van der Waals surface area contributed by atoms with Gasteiger partial charge in [0.2, 0.25) is 11.7 Å². The minimum atomic E-state index is 0.372. The van der Waals surface area contributed by atoms with Crippen LogP contribution in [0.25, 0.3) is 11.4 Å². The van der Waals surface area contributed by atoms with Crippen molar-refractivity contribution in [3.05, 3.63) is 18.3 Å². The molecule has 0 saturated carbocycles. The first-order chi connectivity index (χ1) is 8.22. The van der Waals surface area contributed by atoms with Crippen molar-refractivity contribution < 1.29 is 4.52 Å². The highest BCUT2D eigenvalue weighted by molar-refractivity contribution is 5.50. The molecule has 0 spiro atoms. The Hall–Kier alpha value is -1.69. The van der Waals surface area contributed by atoms with Gasteiger partial charge in [-0.15, -0.1) is 0 Å². The summed E-state index contributed by atoms with van der Waals surface area (Å²) in [5, 5.41) is 11.2. The Morgan fingerprint density at radius 2 is 2.35 bits per heavy atom. The molecular formula is C11H17N5O. The first-order valence-electron chi connectivity index (χ1n) is 5.71. The quantitative estimate of drug-likeness (QED) is 0.837. The molecule has 2 rings (SSSR count). The van der Waals surface area contributed by atoms with Crippen molar-refractivity contribution >= 4 is 0 Å². The van der Waals surface area contributed by atoms with Crippen LogP contribution in [0, 0.1) is 0 Å². The fraction of sp³-hybridized carbons (Fsp3) is 0.545. The number of aromatic nitrogens is 4. The SMILES string of the molecule is CCC(Cc1nc(-c2cnn(C)c2)no1)NC. The number of hydrogen-bond acceptors (Lipinski definition) is 5. The number of rotatable bonds is 5. The predicted molar refractivity (Wildman–Crippen MR) is 63.3 cm³/mol. The molecule has 0 saturated heterocycles. The Labute approximate surface area is 100 Å². The Bertz CT molecular complexity index is 472. The summed E-state index contributed by atoms with van der Waals surface area (Å²) in [4.78, 5) is 4.36. The third-order valence-corrected chi connectivity index (χ3v) is 2.75. The van der Waals surface area contributed by atoms with Gasteiger partial charge in [-0.3, -0.25) is 4.68 Å². The number of hydrogen-bond donors (Lipinski definition) is 1. The average molecular weight is 235 g/mol. The smallest absolute Gasteiger partial charge is 0.228 e. The Morgan fingerprint density at radius 1 is 1.53 bits per heavy atom. The zero-order chi connectivity index (χ0) is 12.3. The van der Waals surface area contributed by atoms with E-state index in [1.807, 2.05) is 20.3 Å². The van der Waals surface area contributed by atoms with Crippen LogP contribution in [0.4, 0.5) is 0 Å². The van der Waals surface area contributed by atoms with E-state index in [2.05, 4.69) is 27.5 Å². The topological polar surface area (TPSA) is 68.8 Å². The Morgan fingerprint density at radius 3 is 2.94 bits per heavy atom. The molecular weight excluding hydrogens is 218 g/mol. The van der Waals surface area contributed by atoms with Crippen LogP contribution in [0.1, 0.15) is 19.2 Å². The molecule has 0 aliphatic rings. The van der Waals surface area contributed by atoms with Gasteiger partial charge in [-0.05, 0) is 13.5 Å². The molecule has 6 heteroatoms. The molecule has 2 heterocycles. The van der Waals surface area contributed by atoms with Crippen LogP contribution >= 0.6 is 0 Å². The number of aryl methyl sites for hydroxylation is 1. The van der Waals surface area contributed by atoms with Crippen molar-refractivity contribution in [3.63, 3.8) is 0 Å². The lowest BCUT2D eigenvalue weighted by molar-refractivity contribution is 0.359. The lowest BCUT2D eigenvalue weighted by atomic mass is 10.1. The van der Waals surface area contributed by atoms with Gasteiger partial charge in [0.25, 0.3) is 0 Å². The van der Waals surface area contributed by atoms with Crippen molar-refractivity contribution in [1.82, 2.24) is 25.2 Å². The normalized spacial score (nSPS) is 12.9. The van der Waals surface area contributed by atoms with E-state index < -0.39 is 0 Å². The van der Waals surface area contributed by atoms with Gasteiger partial charge in [0, 0.05) is 25.7 Å². The van der Waals surface area contributed by atoms with E-state index in [4.69, 9.17) is 4.52 Å². The second-order valence-corrected chi connectivity index (χ2v) is 4.01. The second kappa shape index (κ2) is 5.09. The van der Waals surface area contributed by atoms with Crippen molar-refractivity contribution in [3.8, 4) is 11.4 Å². The highest BCUT2D eigenvalue weighted by atomic mass is 16.5. The average Bonchev–Trinajstić information content (AvgIpc) is 2.94. The Kier molecular flexibility index (Phi) is 3.53. The zero-order valence-electron chi connectivity index (χ0n) is 10.3. The van der Waals surface area contributed by atoms with Crippen molar-refractivity contribution in [2.24, 2.45) is 7.05 Å². The van der Waals surface area contributed by atoms with E-state index >= 15 is 0 Å². The minimum Gasteiger partial charge on any atom is -0.339 e. The molecule has 0 aliphatic heterocycles. The summed E-state index contributed by atoms with van der Waals surface area (Å²) in [7, 11) is 3.80. The lowest BCUT2D eigenvalue weighted by Crippen LogP contribution is -2.26. The molecule has 1 unspecified atom stereocenters. The molecule has 0 amide bonds. The molecule has 17 heavy (non-hydrogen) atoms. The van der Waals surface area contributed by atoms with E-state index in [0.717, 1.165) is 18.4 Å². The summed E-state index contributed by atoms with van der Waals surface area (Å²) in [5.74, 6) is 1.25. The molecule has 0 fully saturated rings. The van der Waals surface area contributed by atoms with Crippen LogP contribution in [-0.2, 0) is 13.5 Å². The summed E-state index contributed by atoms with van der Waals surface area (Å²) in [6.07, 6.45) is 5.37. The summed E-state index contributed by atoms with van der Waals surface area (Å²) in [6, 6.07) is 0.372. The van der Waals surface area contributed by atoms with Crippen molar-refractivity contribution in [2.45, 2.75) is 25.8 Å². The molecule has 2 aromatic rings. The van der Waals surface area contributed by atoms with Crippen molar-refractivity contribution in [2.75, 3.05) is 7.05 Å². The van der Waals surface area contributed by atoms with Crippen LogP contribution in [0.3, 0.4) is 0 Å². The van der Waals surface area contributed by atoms with Crippen LogP contribution in [0.5, 0.6) is 0 Å². The molecule has 92 valence electrons. The lowest BCUT2D eigenvalue weighted by Gasteiger charge is -2.09. The molecule has 0 aliphatic carbocycles. The van der Waals surface area contributed by atoms with Crippen LogP contribution in [0.2, 0.25) is 0 Å². The van der Waals surface area contributed by atoms with Gasteiger partial charge in [-0.1, -0.05) is 12.1 Å². The highest BCUT2D eigenvalue weighted by Gasteiger charge is 2.13. The van der Waals surface area contributed by atoms with Gasteiger partial charge >= 0.3 is 0 Å². The fourth-order valence-corrected chi connectivity index (χ4v) is 1.65. The van der Waals surface area contributed by atoms with Crippen LogP contribution in [-0.4, -0.2) is 33.0 Å². The molecule has 0 bridgehead atoms. The van der Waals surface area contributed by atoms with Gasteiger partial charge in [0.1, 0.15) is 0 Å². The monoisotopic (exact) mass is 235 g/mol. The maximum Gasteiger partial charge on any atom is 0.228 e. The summed E-state index contributed by atoms with van der Waals surface area (Å²) < 4.78 is 6.94. The van der Waals surface area contributed by atoms with Crippen molar-refractivity contribution in [1.29, 1.82) is 0 Å². The third kappa shape index (κ3) is 2.71. The van der Waals surface area contributed by atoms with Gasteiger partial charge in [-0.25, -0.2) is 0 Å². The summed E-state index contributed by atoms with van der Waals surface area (Å²) in [6.45, 7) is 2.12. The molecule has 2 aromatic heterocycles. The van der Waals surface area contributed by atoms with Gasteiger partial charge in [0.05, 0.1) is 11.8 Å². The first-order valence-corrected chi connectivity index (χ1v) is 5.71. The molecule has 1 atom stereocenters. The standard InChI is InChI=1S/C11H17N5O/c1-4-9(12-2)5-10-14-11(15-17-10)8-6-13-16(3)7-8/h6-7,9,12H,4-5H2,1-3H3. The largest absolute Gasteiger partial charge is 0.339 e. The zero-order valence-corrected chi connectivity index (χ0v) is 10.3. The third-order valence-electron chi connectivity index (χ3n) is 2.75. The van der Waals surface area contributed by atoms with E-state index in [1.165, 1.54) is 0 Å². The van der Waals surface area contributed by atoms with E-state index in [9.17, 15) is 0 Å². The van der Waals surface area contributed by atoms with E-state index in [1.54, 1.807) is 10.9 Å². The van der Waals surface area contributed by atoms with Gasteiger partial charge in [0.15, 0.2) is 0 Å². The Balaban J connectivity index is 2.10. The highest BCUT2D eigenvalue weighted by Crippen LogP contribution is 2.15. The predicted octanol–water partition coefficient (Wildman–Crippen LogP) is 1.01. The maximum atomic E-state index is 5.22. The van der Waals surface area contributed by atoms with Crippen LogP contribution < -0.4 is 5.32 Å². The van der Waals surface area contributed by atoms with E-state index in [-0.39, 0.29) is 0 Å². The minimum absolute atomic E-state index is 0.372. The van der Waals surface area contributed by atoms with E-state index in [0.29, 0.717) is 17.8 Å². The molecule has 0 radical (unpaired) electrons. The second-order valence-electron chi connectivity index (χ2n) is 4.01. The van der Waals surface area contributed by atoms with Gasteiger partial charge in [-0.2, -0.15) is 10.1 Å². The number of likely N-dealkylation sites (N-methyl/N-ethyl adjacent to an activating group) is 1. The number of nitrogens with zero attached hydrogens (tertiary/aromatic N) is 4. The fourth-order valence-electron chi connectivity index (χ4n) is 1.65. The maximum absolute atomic E-state index is 5.22. The van der Waals surface area contributed by atoms with Gasteiger partial charge < -0.3 is 9.84 Å². The summed E-state index contributed by atoms with van der Waals surface area (Å²) in [5.41, 5.74) is 0.875. The molecule has 0 aromatic carbocycles. The molecule has 1 N–H and O–H groups in total. The summed E-state index contributed by atoms with van der Waals surface area (Å²) >= 11 is 0.